The molecular weight excluding hydrogens is 616 g/mol. The summed E-state index contributed by atoms with van der Waals surface area (Å²) in [6.45, 7) is 2.53. The van der Waals surface area contributed by atoms with Gasteiger partial charge in [-0.1, -0.05) is 61.2 Å². The second-order valence-corrected chi connectivity index (χ2v) is 11.7. The van der Waals surface area contributed by atoms with E-state index >= 15 is 0 Å². The Morgan fingerprint density at radius 2 is 1.60 bits per heavy atom. The highest BCUT2D eigenvalue weighted by Crippen LogP contribution is 2.32. The van der Waals surface area contributed by atoms with Crippen LogP contribution in [0.15, 0.2) is 70.6 Å². The highest BCUT2D eigenvalue weighted by molar-refractivity contribution is 7.98. The zero-order valence-electron chi connectivity index (χ0n) is 24.3. The maximum atomic E-state index is 14.3. The number of hydrogen-bond donors (Lipinski definition) is 0. The fourth-order valence-electron chi connectivity index (χ4n) is 5.35. The lowest BCUT2D eigenvalue weighted by Crippen LogP contribution is -2.35. The van der Waals surface area contributed by atoms with Gasteiger partial charge in [-0.25, -0.2) is 13.2 Å². The summed E-state index contributed by atoms with van der Waals surface area (Å²) in [6, 6.07) is 14.1. The van der Waals surface area contributed by atoms with Gasteiger partial charge >= 0.3 is 6.18 Å². The minimum absolute atomic E-state index is 0.0983. The smallest absolute Gasteiger partial charge is 0.337 e. The van der Waals surface area contributed by atoms with Crippen molar-refractivity contribution in [2.75, 3.05) is 6.54 Å². The Bertz CT molecular complexity index is 1760. The Balaban J connectivity index is 1.35. The van der Waals surface area contributed by atoms with Crippen LogP contribution in [-0.4, -0.2) is 26.9 Å². The summed E-state index contributed by atoms with van der Waals surface area (Å²) in [5.41, 5.74) is 2.16. The van der Waals surface area contributed by atoms with Crippen LogP contribution in [0.1, 0.15) is 47.7 Å². The topological polar surface area (TPSA) is 55.2 Å². The normalized spacial score (nSPS) is 12.8. The van der Waals surface area contributed by atoms with Crippen LogP contribution in [0.4, 0.5) is 26.3 Å². The first-order valence-electron chi connectivity index (χ1n) is 14.4. The van der Waals surface area contributed by atoms with E-state index in [4.69, 9.17) is 0 Å². The van der Waals surface area contributed by atoms with Crippen molar-refractivity contribution in [2.45, 2.75) is 62.8 Å². The van der Waals surface area contributed by atoms with Crippen molar-refractivity contribution in [3.05, 3.63) is 116 Å². The van der Waals surface area contributed by atoms with Crippen LogP contribution in [-0.2, 0) is 42.7 Å². The maximum absolute atomic E-state index is 14.3. The monoisotopic (exact) mass is 645 g/mol. The molecule has 0 bridgehead atoms. The van der Waals surface area contributed by atoms with Crippen LogP contribution >= 0.6 is 11.8 Å². The van der Waals surface area contributed by atoms with E-state index in [1.54, 1.807) is 21.6 Å². The highest BCUT2D eigenvalue weighted by Gasteiger charge is 2.30. The van der Waals surface area contributed by atoms with Crippen molar-refractivity contribution in [1.29, 1.82) is 0 Å². The molecule has 4 aromatic rings. The Labute approximate surface area is 259 Å². The zero-order valence-corrected chi connectivity index (χ0v) is 25.1. The van der Waals surface area contributed by atoms with Crippen molar-refractivity contribution in [1.82, 2.24) is 14.5 Å². The highest BCUT2D eigenvalue weighted by atomic mass is 32.2. The molecule has 0 saturated heterocycles. The van der Waals surface area contributed by atoms with Gasteiger partial charge in [-0.2, -0.15) is 18.2 Å². The van der Waals surface area contributed by atoms with E-state index in [0.717, 1.165) is 53.6 Å². The minimum atomic E-state index is -4.41. The summed E-state index contributed by atoms with van der Waals surface area (Å²) in [5.74, 6) is -4.56. The van der Waals surface area contributed by atoms with Gasteiger partial charge in [-0.15, -0.1) is 0 Å². The molecule has 0 spiro atoms. The van der Waals surface area contributed by atoms with Crippen molar-refractivity contribution < 1.29 is 31.1 Å². The van der Waals surface area contributed by atoms with Crippen LogP contribution in [0.2, 0.25) is 0 Å². The number of halogens is 6. The van der Waals surface area contributed by atoms with Gasteiger partial charge in [-0.05, 0) is 60.6 Å². The molecule has 5 rings (SSSR count). The number of carbonyl (C=O) groups excluding carboxylic acids is 1. The molecule has 1 heterocycles. The fraction of sp³-hybridized carbons (Fsp3) is 0.303. The molecule has 0 atom stereocenters. The standard InChI is InChI=1S/C33H29F6N3O2S/c1-2-16-41(17-20-6-8-21(9-7-20)22-10-13-24(14-11-22)33(37,38)39)28(43)18-42-27-5-3-4-25(27)31(44)40-32(42)45-19-23-12-15-26(34)30(36)29(23)35/h6-15H,2-5,16-19H2,1H3. The van der Waals surface area contributed by atoms with E-state index in [9.17, 15) is 35.9 Å². The third-order valence-electron chi connectivity index (χ3n) is 7.69. The molecule has 0 unspecified atom stereocenters. The minimum Gasteiger partial charge on any atom is -0.337 e. The molecule has 5 nitrogen and oxygen atoms in total. The number of nitrogens with zero attached hydrogens (tertiary/aromatic N) is 3. The lowest BCUT2D eigenvalue weighted by atomic mass is 10.0. The molecule has 1 aliphatic carbocycles. The van der Waals surface area contributed by atoms with Crippen molar-refractivity contribution >= 4 is 17.7 Å². The molecule has 3 aromatic carbocycles. The molecule has 236 valence electrons. The molecule has 12 heteroatoms. The molecule has 0 aliphatic heterocycles. The van der Waals surface area contributed by atoms with E-state index in [1.807, 2.05) is 19.1 Å². The largest absolute Gasteiger partial charge is 0.416 e. The SMILES string of the molecule is CCCN(Cc1ccc(-c2ccc(C(F)(F)F)cc2)cc1)C(=O)Cn1c(SCc2ccc(F)c(F)c2F)nc(=O)c2c1CCC2. The van der Waals surface area contributed by atoms with Crippen LogP contribution in [0, 0.1) is 17.5 Å². The van der Waals surface area contributed by atoms with E-state index in [1.165, 1.54) is 12.1 Å². The fourth-order valence-corrected chi connectivity index (χ4v) is 6.34. The quantitative estimate of drug-likeness (QED) is 0.0773. The van der Waals surface area contributed by atoms with Gasteiger partial charge in [0.15, 0.2) is 22.6 Å². The van der Waals surface area contributed by atoms with Gasteiger partial charge in [0.05, 0.1) is 5.56 Å². The molecule has 0 fully saturated rings. The first kappa shape index (κ1) is 32.3. The molecule has 1 amide bonds. The van der Waals surface area contributed by atoms with Crippen molar-refractivity contribution in [2.24, 2.45) is 0 Å². The van der Waals surface area contributed by atoms with Crippen LogP contribution in [0.3, 0.4) is 0 Å². The summed E-state index contributed by atoms with van der Waals surface area (Å²) >= 11 is 0.971. The molecule has 45 heavy (non-hydrogen) atoms. The predicted octanol–water partition coefficient (Wildman–Crippen LogP) is 7.57. The summed E-state index contributed by atoms with van der Waals surface area (Å²) in [4.78, 5) is 32.3. The third-order valence-corrected chi connectivity index (χ3v) is 8.71. The number of rotatable bonds is 10. The van der Waals surface area contributed by atoms with E-state index in [0.29, 0.717) is 42.6 Å². The first-order chi connectivity index (χ1) is 21.5. The van der Waals surface area contributed by atoms with E-state index in [2.05, 4.69) is 4.98 Å². The Morgan fingerprint density at radius 3 is 2.24 bits per heavy atom. The molecule has 0 N–H and O–H groups in total. The number of aromatic nitrogens is 2. The molecule has 1 aromatic heterocycles. The van der Waals surface area contributed by atoms with Crippen LogP contribution in [0.5, 0.6) is 0 Å². The number of fused-ring (bicyclic) bond motifs is 1. The second kappa shape index (κ2) is 13.5. The maximum Gasteiger partial charge on any atom is 0.416 e. The predicted molar refractivity (Wildman–Crippen MR) is 159 cm³/mol. The Kier molecular flexibility index (Phi) is 9.71. The number of hydrogen-bond acceptors (Lipinski definition) is 4. The Morgan fingerprint density at radius 1 is 0.933 bits per heavy atom. The average molecular weight is 646 g/mol. The number of amides is 1. The number of alkyl halides is 3. The summed E-state index contributed by atoms with van der Waals surface area (Å²) in [7, 11) is 0. The lowest BCUT2D eigenvalue weighted by Gasteiger charge is -2.25. The molecule has 0 saturated carbocycles. The van der Waals surface area contributed by atoms with Crippen LogP contribution < -0.4 is 5.56 Å². The third kappa shape index (κ3) is 7.27. The molecular formula is C33H29F6N3O2S. The van der Waals surface area contributed by atoms with Crippen LogP contribution in [0.25, 0.3) is 11.1 Å². The number of benzene rings is 3. The van der Waals surface area contributed by atoms with Gasteiger partial charge in [0.2, 0.25) is 5.91 Å². The van der Waals surface area contributed by atoms with Gasteiger partial charge in [0, 0.05) is 35.7 Å². The zero-order chi connectivity index (χ0) is 32.3. The van der Waals surface area contributed by atoms with Gasteiger partial charge in [0.1, 0.15) is 6.54 Å². The summed E-state index contributed by atoms with van der Waals surface area (Å²) in [6.07, 6.45) is -1.93. The number of thioether (sulfide) groups is 1. The Hall–Kier alpha value is -4.06. The van der Waals surface area contributed by atoms with Crippen molar-refractivity contribution in [3.8, 4) is 11.1 Å². The first-order valence-corrected chi connectivity index (χ1v) is 15.4. The van der Waals surface area contributed by atoms with E-state index in [-0.39, 0.29) is 35.5 Å². The number of carbonyl (C=O) groups is 1. The molecule has 1 aliphatic rings. The summed E-state index contributed by atoms with van der Waals surface area (Å²) in [5, 5.41) is 0.190. The lowest BCUT2D eigenvalue weighted by molar-refractivity contribution is -0.137. The summed E-state index contributed by atoms with van der Waals surface area (Å²) < 4.78 is 82.0. The van der Waals surface area contributed by atoms with Gasteiger partial charge in [-0.3, -0.25) is 9.59 Å². The average Bonchev–Trinajstić information content (AvgIpc) is 3.52. The second-order valence-electron chi connectivity index (χ2n) is 10.8. The molecule has 0 radical (unpaired) electrons. The van der Waals surface area contributed by atoms with E-state index < -0.39 is 34.8 Å². The van der Waals surface area contributed by atoms with Crippen molar-refractivity contribution in [3.63, 3.8) is 0 Å². The van der Waals surface area contributed by atoms with Gasteiger partial charge in [0.25, 0.3) is 5.56 Å². The van der Waals surface area contributed by atoms with Gasteiger partial charge < -0.3 is 9.47 Å².